The van der Waals surface area contributed by atoms with E-state index in [0.29, 0.717) is 5.56 Å². The van der Waals surface area contributed by atoms with Crippen molar-refractivity contribution in [1.29, 1.82) is 5.26 Å². The Labute approximate surface area is 122 Å². The Balaban J connectivity index is 2.24. The Kier molecular flexibility index (Phi) is 4.24. The summed E-state index contributed by atoms with van der Waals surface area (Å²) in [5, 5.41) is 12.5. The summed E-state index contributed by atoms with van der Waals surface area (Å²) in [6.45, 7) is 4.94. The molecule has 2 aromatic rings. The molecule has 3 heteroatoms. The topological polar surface area (TPSA) is 35.8 Å². The first-order chi connectivity index (χ1) is 9.11. The third kappa shape index (κ3) is 3.15. The summed E-state index contributed by atoms with van der Waals surface area (Å²) in [5.41, 5.74) is 5.34. The molecule has 0 aliphatic rings. The maximum absolute atomic E-state index is 9.11. The van der Waals surface area contributed by atoms with Crippen molar-refractivity contribution in [2.45, 2.75) is 20.4 Å². The number of halogens is 1. The quantitative estimate of drug-likeness (QED) is 0.902. The van der Waals surface area contributed by atoms with Crippen LogP contribution >= 0.6 is 15.9 Å². The Morgan fingerprint density at radius 2 is 1.84 bits per heavy atom. The maximum Gasteiger partial charge on any atom is 0.101 e. The highest BCUT2D eigenvalue weighted by Crippen LogP contribution is 2.22. The van der Waals surface area contributed by atoms with Crippen molar-refractivity contribution in [3.05, 3.63) is 63.1 Å². The molecule has 0 bridgehead atoms. The van der Waals surface area contributed by atoms with Gasteiger partial charge in [-0.05, 0) is 48.7 Å². The van der Waals surface area contributed by atoms with Gasteiger partial charge in [0.2, 0.25) is 0 Å². The number of anilines is 1. The van der Waals surface area contributed by atoms with Crippen LogP contribution < -0.4 is 5.32 Å². The Bertz CT molecular complexity index is 621. The molecule has 0 radical (unpaired) electrons. The largest absolute Gasteiger partial charge is 0.380 e. The van der Waals surface area contributed by atoms with Gasteiger partial charge in [-0.3, -0.25) is 0 Å². The molecule has 0 spiro atoms. The number of rotatable bonds is 3. The van der Waals surface area contributed by atoms with E-state index in [1.807, 2.05) is 18.2 Å². The number of nitriles is 1. The smallest absolute Gasteiger partial charge is 0.101 e. The van der Waals surface area contributed by atoms with Crippen molar-refractivity contribution >= 4 is 21.6 Å². The van der Waals surface area contributed by atoms with Gasteiger partial charge in [0.15, 0.2) is 0 Å². The average molecular weight is 315 g/mol. The second-order valence-corrected chi connectivity index (χ2v) is 5.44. The SMILES string of the molecule is Cc1cccc(C)c1CNc1cc(Br)ccc1C#N. The van der Waals surface area contributed by atoms with Crippen LogP contribution in [-0.4, -0.2) is 0 Å². The molecule has 0 heterocycles. The van der Waals surface area contributed by atoms with Crippen LogP contribution in [0.3, 0.4) is 0 Å². The van der Waals surface area contributed by atoms with Crippen LogP contribution in [0.4, 0.5) is 5.69 Å². The number of benzene rings is 2. The van der Waals surface area contributed by atoms with E-state index in [2.05, 4.69) is 59.4 Å². The monoisotopic (exact) mass is 314 g/mol. The van der Waals surface area contributed by atoms with Gasteiger partial charge in [-0.15, -0.1) is 0 Å². The number of nitrogens with one attached hydrogen (secondary N) is 1. The van der Waals surface area contributed by atoms with Gasteiger partial charge in [0.1, 0.15) is 6.07 Å². The van der Waals surface area contributed by atoms with Crippen molar-refractivity contribution in [2.24, 2.45) is 0 Å². The van der Waals surface area contributed by atoms with Crippen LogP contribution in [0, 0.1) is 25.2 Å². The van der Waals surface area contributed by atoms with Gasteiger partial charge in [0.25, 0.3) is 0 Å². The minimum atomic E-state index is 0.662. The normalized spacial score (nSPS) is 10.0. The molecule has 2 aromatic carbocycles. The number of nitrogens with zero attached hydrogens (tertiary/aromatic N) is 1. The van der Waals surface area contributed by atoms with Crippen molar-refractivity contribution in [3.63, 3.8) is 0 Å². The molecule has 0 unspecified atom stereocenters. The van der Waals surface area contributed by atoms with Crippen LogP contribution in [0.5, 0.6) is 0 Å². The molecule has 0 saturated heterocycles. The first-order valence-corrected chi connectivity index (χ1v) is 6.89. The summed E-state index contributed by atoms with van der Waals surface area (Å²) < 4.78 is 0.968. The van der Waals surface area contributed by atoms with E-state index in [4.69, 9.17) is 5.26 Å². The lowest BCUT2D eigenvalue weighted by Crippen LogP contribution is -2.04. The van der Waals surface area contributed by atoms with E-state index in [-0.39, 0.29) is 0 Å². The lowest BCUT2D eigenvalue weighted by atomic mass is 10.0. The lowest BCUT2D eigenvalue weighted by Gasteiger charge is -2.13. The van der Waals surface area contributed by atoms with Crippen molar-refractivity contribution in [2.75, 3.05) is 5.32 Å². The molecule has 0 aromatic heterocycles. The molecule has 0 atom stereocenters. The fraction of sp³-hybridized carbons (Fsp3) is 0.188. The molecule has 1 N–H and O–H groups in total. The Morgan fingerprint density at radius 3 is 2.47 bits per heavy atom. The summed E-state index contributed by atoms with van der Waals surface area (Å²) >= 11 is 3.43. The van der Waals surface area contributed by atoms with Crippen LogP contribution in [-0.2, 0) is 6.54 Å². The molecule has 0 saturated carbocycles. The summed E-state index contributed by atoms with van der Waals surface area (Å²) in [7, 11) is 0. The first kappa shape index (κ1) is 13.6. The molecular formula is C16H15BrN2. The summed E-state index contributed by atoms with van der Waals surface area (Å²) in [6.07, 6.45) is 0. The van der Waals surface area contributed by atoms with Crippen molar-refractivity contribution in [3.8, 4) is 6.07 Å². The second-order valence-electron chi connectivity index (χ2n) is 4.53. The van der Waals surface area contributed by atoms with Crippen LogP contribution in [0.1, 0.15) is 22.3 Å². The lowest BCUT2D eigenvalue weighted by molar-refractivity contribution is 1.09. The zero-order chi connectivity index (χ0) is 13.8. The number of aryl methyl sites for hydroxylation is 2. The molecule has 0 aliphatic heterocycles. The van der Waals surface area contributed by atoms with E-state index in [1.165, 1.54) is 16.7 Å². The third-order valence-corrected chi connectivity index (χ3v) is 3.70. The molecule has 2 nitrogen and oxygen atoms in total. The maximum atomic E-state index is 9.11. The second kappa shape index (κ2) is 5.90. The predicted molar refractivity (Wildman–Crippen MR) is 82.1 cm³/mol. The number of hydrogen-bond donors (Lipinski definition) is 1. The van der Waals surface area contributed by atoms with Gasteiger partial charge in [-0.1, -0.05) is 34.1 Å². The predicted octanol–water partition coefficient (Wildman–Crippen LogP) is 4.55. The Hall–Kier alpha value is -1.79. The fourth-order valence-corrected chi connectivity index (χ4v) is 2.43. The number of hydrogen-bond acceptors (Lipinski definition) is 2. The first-order valence-electron chi connectivity index (χ1n) is 6.10. The van der Waals surface area contributed by atoms with Gasteiger partial charge in [-0.2, -0.15) is 5.26 Å². The highest BCUT2D eigenvalue weighted by atomic mass is 79.9. The molecule has 0 aliphatic carbocycles. The fourth-order valence-electron chi connectivity index (χ4n) is 2.07. The average Bonchev–Trinajstić information content (AvgIpc) is 2.38. The summed E-state index contributed by atoms with van der Waals surface area (Å²) in [4.78, 5) is 0. The molecule has 0 fully saturated rings. The van der Waals surface area contributed by atoms with Crippen LogP contribution in [0.25, 0.3) is 0 Å². The van der Waals surface area contributed by atoms with Gasteiger partial charge in [0.05, 0.1) is 11.3 Å². The minimum Gasteiger partial charge on any atom is -0.380 e. The van der Waals surface area contributed by atoms with Crippen molar-refractivity contribution in [1.82, 2.24) is 0 Å². The van der Waals surface area contributed by atoms with Gasteiger partial charge >= 0.3 is 0 Å². The zero-order valence-corrected chi connectivity index (χ0v) is 12.6. The highest BCUT2D eigenvalue weighted by molar-refractivity contribution is 9.10. The van der Waals surface area contributed by atoms with E-state index < -0.39 is 0 Å². The minimum absolute atomic E-state index is 0.662. The van der Waals surface area contributed by atoms with Gasteiger partial charge < -0.3 is 5.32 Å². The molecule has 19 heavy (non-hydrogen) atoms. The molecule has 96 valence electrons. The highest BCUT2D eigenvalue weighted by Gasteiger charge is 2.05. The van der Waals surface area contributed by atoms with Crippen molar-refractivity contribution < 1.29 is 0 Å². The van der Waals surface area contributed by atoms with Gasteiger partial charge in [0, 0.05) is 11.0 Å². The zero-order valence-electron chi connectivity index (χ0n) is 11.0. The molecule has 0 amide bonds. The molecule has 2 rings (SSSR count). The Morgan fingerprint density at radius 1 is 1.16 bits per heavy atom. The van der Waals surface area contributed by atoms with E-state index in [9.17, 15) is 0 Å². The van der Waals surface area contributed by atoms with Crippen LogP contribution in [0.15, 0.2) is 40.9 Å². The standard InChI is InChI=1S/C16H15BrN2/c1-11-4-3-5-12(2)15(11)10-19-16-8-14(17)7-6-13(16)9-18/h3-8,19H,10H2,1-2H3. The van der Waals surface area contributed by atoms with E-state index in [1.54, 1.807) is 0 Å². The summed E-state index contributed by atoms with van der Waals surface area (Å²) in [5.74, 6) is 0. The van der Waals surface area contributed by atoms with Gasteiger partial charge in [-0.25, -0.2) is 0 Å². The van der Waals surface area contributed by atoms with E-state index >= 15 is 0 Å². The van der Waals surface area contributed by atoms with E-state index in [0.717, 1.165) is 16.7 Å². The summed E-state index contributed by atoms with van der Waals surface area (Å²) in [6, 6.07) is 14.1. The van der Waals surface area contributed by atoms with Crippen LogP contribution in [0.2, 0.25) is 0 Å². The third-order valence-electron chi connectivity index (χ3n) is 3.20. The molecular weight excluding hydrogens is 300 g/mol.